The first-order valence-electron chi connectivity index (χ1n) is 7.13. The smallest absolute Gasteiger partial charge is 0.225 e. The molecule has 1 saturated heterocycles. The molecule has 0 radical (unpaired) electrons. The van der Waals surface area contributed by atoms with Gasteiger partial charge in [-0.1, -0.05) is 0 Å². The number of amides is 1. The van der Waals surface area contributed by atoms with Gasteiger partial charge in [-0.2, -0.15) is 0 Å². The number of aryl methyl sites for hydroxylation is 2. The third-order valence-corrected chi connectivity index (χ3v) is 4.23. The van der Waals surface area contributed by atoms with Gasteiger partial charge in [0.05, 0.1) is 0 Å². The van der Waals surface area contributed by atoms with Gasteiger partial charge < -0.3 is 10.6 Å². The summed E-state index contributed by atoms with van der Waals surface area (Å²) in [6.07, 6.45) is 8.28. The Labute approximate surface area is 113 Å². The zero-order chi connectivity index (χ0) is 13.2. The van der Waals surface area contributed by atoms with Crippen molar-refractivity contribution in [2.24, 2.45) is 11.7 Å². The fraction of sp³-hybridized carbons (Fsp3) is 0.643. The zero-order valence-electron chi connectivity index (χ0n) is 11.1. The van der Waals surface area contributed by atoms with Crippen molar-refractivity contribution in [3.63, 3.8) is 0 Å². The summed E-state index contributed by atoms with van der Waals surface area (Å²) in [5.74, 6) is 0.670. The van der Waals surface area contributed by atoms with Crippen molar-refractivity contribution in [1.29, 1.82) is 0 Å². The summed E-state index contributed by atoms with van der Waals surface area (Å²) >= 11 is 0. The maximum Gasteiger partial charge on any atom is 0.225 e. The maximum atomic E-state index is 11.2. The van der Waals surface area contributed by atoms with Gasteiger partial charge in [0.1, 0.15) is 0 Å². The number of nitrogens with zero attached hydrogens (tertiary/aromatic N) is 3. The number of rotatable bonds is 2. The Hall–Kier alpha value is -1.65. The Morgan fingerprint density at radius 2 is 2.00 bits per heavy atom. The number of carbonyl (C=O) groups excluding carboxylic acids is 1. The van der Waals surface area contributed by atoms with Gasteiger partial charge in [0, 0.05) is 30.9 Å². The highest BCUT2D eigenvalue weighted by atomic mass is 16.1. The van der Waals surface area contributed by atoms with Crippen LogP contribution in [0.25, 0.3) is 0 Å². The van der Waals surface area contributed by atoms with Crippen LogP contribution >= 0.6 is 0 Å². The molecule has 5 heteroatoms. The molecule has 19 heavy (non-hydrogen) atoms. The van der Waals surface area contributed by atoms with Crippen LogP contribution in [-0.2, 0) is 17.6 Å². The zero-order valence-corrected chi connectivity index (χ0v) is 11.1. The standard InChI is InChI=1S/C14H20N4O/c15-13(19)10-5-7-18(8-6-10)14-16-9-11-3-1-2-4-12(11)17-14/h9-10H,1-8H2,(H2,15,19). The molecule has 1 amide bonds. The molecule has 0 atom stereocenters. The molecule has 1 aliphatic carbocycles. The quantitative estimate of drug-likeness (QED) is 0.863. The molecule has 1 fully saturated rings. The molecule has 2 heterocycles. The number of piperidine rings is 1. The monoisotopic (exact) mass is 260 g/mol. The normalized spacial score (nSPS) is 20.1. The largest absolute Gasteiger partial charge is 0.369 e. The Morgan fingerprint density at radius 1 is 1.26 bits per heavy atom. The average molecular weight is 260 g/mol. The number of primary amides is 1. The van der Waals surface area contributed by atoms with E-state index < -0.39 is 0 Å². The Morgan fingerprint density at radius 3 is 2.74 bits per heavy atom. The summed E-state index contributed by atoms with van der Waals surface area (Å²) in [5.41, 5.74) is 7.88. The molecule has 0 aromatic carbocycles. The van der Waals surface area contributed by atoms with Gasteiger partial charge in [0.2, 0.25) is 11.9 Å². The van der Waals surface area contributed by atoms with Crippen LogP contribution in [0.3, 0.4) is 0 Å². The Balaban J connectivity index is 1.71. The topological polar surface area (TPSA) is 72.1 Å². The van der Waals surface area contributed by atoms with Crippen LogP contribution in [-0.4, -0.2) is 29.0 Å². The van der Waals surface area contributed by atoms with E-state index in [4.69, 9.17) is 10.7 Å². The van der Waals surface area contributed by atoms with E-state index in [1.165, 1.54) is 24.1 Å². The molecule has 0 bridgehead atoms. The predicted molar refractivity (Wildman–Crippen MR) is 72.8 cm³/mol. The van der Waals surface area contributed by atoms with E-state index in [1.807, 2.05) is 6.20 Å². The lowest BCUT2D eigenvalue weighted by Crippen LogP contribution is -2.39. The van der Waals surface area contributed by atoms with Gasteiger partial charge in [0.15, 0.2) is 0 Å². The summed E-state index contributed by atoms with van der Waals surface area (Å²) in [7, 11) is 0. The summed E-state index contributed by atoms with van der Waals surface area (Å²) in [6.45, 7) is 1.65. The second-order valence-electron chi connectivity index (χ2n) is 5.51. The van der Waals surface area contributed by atoms with Crippen molar-refractivity contribution >= 4 is 11.9 Å². The summed E-state index contributed by atoms with van der Waals surface area (Å²) in [4.78, 5) is 22.5. The van der Waals surface area contributed by atoms with Crippen LogP contribution < -0.4 is 10.6 Å². The van der Waals surface area contributed by atoms with E-state index in [2.05, 4.69) is 9.88 Å². The van der Waals surface area contributed by atoms with Crippen LogP contribution in [0.4, 0.5) is 5.95 Å². The third-order valence-electron chi connectivity index (χ3n) is 4.23. The number of carbonyl (C=O) groups is 1. The van der Waals surface area contributed by atoms with Crippen molar-refractivity contribution in [2.75, 3.05) is 18.0 Å². The van der Waals surface area contributed by atoms with Gasteiger partial charge in [0.25, 0.3) is 0 Å². The second kappa shape index (κ2) is 5.15. The second-order valence-corrected chi connectivity index (χ2v) is 5.51. The SMILES string of the molecule is NC(=O)C1CCN(c2ncc3c(n2)CCCC3)CC1. The highest BCUT2D eigenvalue weighted by Gasteiger charge is 2.25. The first-order chi connectivity index (χ1) is 9.24. The van der Waals surface area contributed by atoms with E-state index >= 15 is 0 Å². The fourth-order valence-corrected chi connectivity index (χ4v) is 2.98. The summed E-state index contributed by atoms with van der Waals surface area (Å²) in [6, 6.07) is 0. The van der Waals surface area contributed by atoms with Gasteiger partial charge >= 0.3 is 0 Å². The number of anilines is 1. The summed E-state index contributed by atoms with van der Waals surface area (Å²) in [5, 5.41) is 0. The Kier molecular flexibility index (Phi) is 3.36. The molecule has 0 unspecified atom stereocenters. The van der Waals surface area contributed by atoms with Gasteiger partial charge in [-0.15, -0.1) is 0 Å². The molecule has 2 aliphatic rings. The number of nitrogens with two attached hydrogens (primary N) is 1. The molecule has 102 valence electrons. The third kappa shape index (κ3) is 2.55. The van der Waals surface area contributed by atoms with Crippen molar-refractivity contribution < 1.29 is 4.79 Å². The van der Waals surface area contributed by atoms with Gasteiger partial charge in [-0.05, 0) is 44.1 Å². The van der Waals surface area contributed by atoms with E-state index in [1.54, 1.807) is 0 Å². The highest BCUT2D eigenvalue weighted by Crippen LogP contribution is 2.24. The fourth-order valence-electron chi connectivity index (χ4n) is 2.98. The van der Waals surface area contributed by atoms with Crippen molar-refractivity contribution in [2.45, 2.75) is 38.5 Å². The number of fused-ring (bicyclic) bond motifs is 1. The molecular weight excluding hydrogens is 240 g/mol. The van der Waals surface area contributed by atoms with Crippen molar-refractivity contribution in [3.8, 4) is 0 Å². The minimum absolute atomic E-state index is 0.0221. The number of aromatic nitrogens is 2. The highest BCUT2D eigenvalue weighted by molar-refractivity contribution is 5.76. The minimum Gasteiger partial charge on any atom is -0.369 e. The average Bonchev–Trinajstić information content (AvgIpc) is 2.47. The first-order valence-corrected chi connectivity index (χ1v) is 7.13. The molecule has 1 aliphatic heterocycles. The molecule has 3 rings (SSSR count). The first kappa shape index (κ1) is 12.4. The van der Waals surface area contributed by atoms with Crippen molar-refractivity contribution in [3.05, 3.63) is 17.5 Å². The lowest BCUT2D eigenvalue weighted by molar-refractivity contribution is -0.122. The van der Waals surface area contributed by atoms with Crippen LogP contribution in [0.1, 0.15) is 36.9 Å². The van der Waals surface area contributed by atoms with Crippen LogP contribution in [0.15, 0.2) is 6.20 Å². The van der Waals surface area contributed by atoms with Crippen LogP contribution in [0.2, 0.25) is 0 Å². The molecule has 5 nitrogen and oxygen atoms in total. The number of hydrogen-bond donors (Lipinski definition) is 1. The molecule has 0 spiro atoms. The lowest BCUT2D eigenvalue weighted by Gasteiger charge is -2.31. The van der Waals surface area contributed by atoms with E-state index in [0.717, 1.165) is 44.7 Å². The molecule has 1 aromatic heterocycles. The molecule has 1 aromatic rings. The molecular formula is C14H20N4O. The minimum atomic E-state index is -0.175. The van der Waals surface area contributed by atoms with Crippen LogP contribution in [0.5, 0.6) is 0 Å². The van der Waals surface area contributed by atoms with E-state index in [0.29, 0.717) is 0 Å². The number of hydrogen-bond acceptors (Lipinski definition) is 4. The van der Waals surface area contributed by atoms with E-state index in [9.17, 15) is 4.79 Å². The van der Waals surface area contributed by atoms with Crippen LogP contribution in [0, 0.1) is 5.92 Å². The van der Waals surface area contributed by atoms with Gasteiger partial charge in [-0.25, -0.2) is 9.97 Å². The summed E-state index contributed by atoms with van der Waals surface area (Å²) < 4.78 is 0. The molecule has 2 N–H and O–H groups in total. The maximum absolute atomic E-state index is 11.2. The van der Waals surface area contributed by atoms with Gasteiger partial charge in [-0.3, -0.25) is 4.79 Å². The molecule has 0 saturated carbocycles. The predicted octanol–water partition coefficient (Wildman–Crippen LogP) is 1.06. The Bertz CT molecular complexity index is 480. The van der Waals surface area contributed by atoms with E-state index in [-0.39, 0.29) is 11.8 Å². The lowest BCUT2D eigenvalue weighted by atomic mass is 9.96. The van der Waals surface area contributed by atoms with Crippen molar-refractivity contribution in [1.82, 2.24) is 9.97 Å².